The van der Waals surface area contributed by atoms with Gasteiger partial charge in [0.2, 0.25) is 0 Å². The zero-order valence-corrected chi connectivity index (χ0v) is 16.5. The van der Waals surface area contributed by atoms with Crippen LogP contribution in [-0.4, -0.2) is 59.6 Å². The Kier molecular flexibility index (Phi) is 14.1. The van der Waals surface area contributed by atoms with Gasteiger partial charge in [-0.1, -0.05) is 64.0 Å². The van der Waals surface area contributed by atoms with Crippen molar-refractivity contribution in [3.63, 3.8) is 0 Å². The van der Waals surface area contributed by atoms with Crippen LogP contribution in [0.5, 0.6) is 0 Å². The van der Waals surface area contributed by atoms with Gasteiger partial charge in [0.15, 0.2) is 0 Å². The smallest absolute Gasteiger partial charge is 0.114 e. The van der Waals surface area contributed by atoms with Gasteiger partial charge < -0.3 is 24.8 Å². The average molecular weight is 373 g/mol. The predicted octanol–water partition coefficient (Wildman–Crippen LogP) is 3.35. The van der Waals surface area contributed by atoms with E-state index in [1.807, 2.05) is 0 Å². The summed E-state index contributed by atoms with van der Waals surface area (Å²) in [5, 5.41) is 29.0. The van der Waals surface area contributed by atoms with Crippen LogP contribution in [0.2, 0.25) is 0 Å². The number of unbranched alkanes of at least 4 members (excludes halogenated alkanes) is 9. The Morgan fingerprint density at radius 2 is 1.54 bits per heavy atom. The molecule has 5 heteroatoms. The lowest BCUT2D eigenvalue weighted by molar-refractivity contribution is -0.210. The summed E-state index contributed by atoms with van der Waals surface area (Å²) in [5.41, 5.74) is 0. The van der Waals surface area contributed by atoms with Crippen molar-refractivity contribution in [1.29, 1.82) is 0 Å². The fraction of sp³-hybridized carbons (Fsp3) is 0.905. The molecule has 3 N–H and O–H groups in total. The number of rotatable bonds is 15. The molecular weight excluding hydrogens is 332 g/mol. The number of hydrogen-bond acceptors (Lipinski definition) is 5. The van der Waals surface area contributed by atoms with Crippen LogP contribution in [0.15, 0.2) is 12.2 Å². The molecule has 0 aliphatic carbocycles. The molecule has 0 unspecified atom stereocenters. The van der Waals surface area contributed by atoms with Crippen LogP contribution >= 0.6 is 0 Å². The predicted molar refractivity (Wildman–Crippen MR) is 104 cm³/mol. The molecule has 0 saturated carbocycles. The number of aliphatic hydroxyl groups is 3. The minimum Gasteiger partial charge on any atom is -0.394 e. The maximum atomic E-state index is 10.0. The topological polar surface area (TPSA) is 79.2 Å². The minimum absolute atomic E-state index is 0.0991. The first-order valence-electron chi connectivity index (χ1n) is 10.6. The molecule has 5 nitrogen and oxygen atoms in total. The van der Waals surface area contributed by atoms with Gasteiger partial charge in [-0.2, -0.15) is 0 Å². The molecule has 0 aromatic heterocycles. The molecule has 1 fully saturated rings. The van der Waals surface area contributed by atoms with Crippen LogP contribution in [0.25, 0.3) is 0 Å². The molecule has 0 spiro atoms. The Morgan fingerprint density at radius 3 is 2.15 bits per heavy atom. The Bertz CT molecular complexity index is 347. The van der Waals surface area contributed by atoms with E-state index < -0.39 is 24.4 Å². The summed E-state index contributed by atoms with van der Waals surface area (Å²) in [6.45, 7) is 2.54. The van der Waals surface area contributed by atoms with E-state index >= 15 is 0 Å². The highest BCUT2D eigenvalue weighted by Gasteiger charge is 2.38. The van der Waals surface area contributed by atoms with Gasteiger partial charge in [-0.25, -0.2) is 0 Å². The SMILES string of the molecule is CC/C=C/CCCCCCCCCCCO[C@H]1[C@H](O)[C@@H](CO)OC[C@@H]1O. The second kappa shape index (κ2) is 15.6. The number of ether oxygens (including phenoxy) is 2. The van der Waals surface area contributed by atoms with E-state index in [1.54, 1.807) is 0 Å². The standard InChI is InChI=1S/C21H40O5/c1-2-3-4-5-6-7-8-9-10-11-12-13-14-15-25-21-18(23)17-26-19(16-22)20(21)24/h3-4,18-24H,2,5-17H2,1H3/b4-3+/t18-,19+,20+,21+/m0/s1. The zero-order valence-electron chi connectivity index (χ0n) is 16.5. The van der Waals surface area contributed by atoms with Crippen LogP contribution < -0.4 is 0 Å². The molecule has 1 saturated heterocycles. The highest BCUT2D eigenvalue weighted by molar-refractivity contribution is 4.87. The summed E-state index contributed by atoms with van der Waals surface area (Å²) in [7, 11) is 0. The monoisotopic (exact) mass is 372 g/mol. The summed E-state index contributed by atoms with van der Waals surface area (Å²) in [6.07, 6.45) is 15.0. The van der Waals surface area contributed by atoms with Crippen molar-refractivity contribution in [2.75, 3.05) is 19.8 Å². The lowest BCUT2D eigenvalue weighted by Crippen LogP contribution is -2.55. The summed E-state index contributed by atoms with van der Waals surface area (Å²) >= 11 is 0. The zero-order chi connectivity index (χ0) is 19.0. The number of hydrogen-bond donors (Lipinski definition) is 3. The Morgan fingerprint density at radius 1 is 0.923 bits per heavy atom. The van der Waals surface area contributed by atoms with Gasteiger partial charge in [0.25, 0.3) is 0 Å². The Hall–Kier alpha value is -0.460. The van der Waals surface area contributed by atoms with Gasteiger partial charge in [-0.15, -0.1) is 0 Å². The molecule has 0 bridgehead atoms. The molecule has 4 atom stereocenters. The van der Waals surface area contributed by atoms with Crippen molar-refractivity contribution in [2.45, 2.75) is 102 Å². The second-order valence-electron chi connectivity index (χ2n) is 7.30. The van der Waals surface area contributed by atoms with Crippen LogP contribution in [0.4, 0.5) is 0 Å². The molecule has 0 aromatic carbocycles. The van der Waals surface area contributed by atoms with E-state index in [4.69, 9.17) is 14.6 Å². The Balaban J connectivity index is 1.91. The van der Waals surface area contributed by atoms with E-state index in [0.717, 1.165) is 19.3 Å². The van der Waals surface area contributed by atoms with Crippen LogP contribution in [0.3, 0.4) is 0 Å². The molecule has 1 rings (SSSR count). The second-order valence-corrected chi connectivity index (χ2v) is 7.30. The first kappa shape index (κ1) is 23.6. The van der Waals surface area contributed by atoms with Gasteiger partial charge in [0, 0.05) is 6.61 Å². The van der Waals surface area contributed by atoms with Crippen molar-refractivity contribution in [2.24, 2.45) is 0 Å². The first-order chi connectivity index (χ1) is 12.7. The van der Waals surface area contributed by atoms with Gasteiger partial charge in [-0.05, 0) is 25.7 Å². The number of allylic oxidation sites excluding steroid dienone is 2. The first-order valence-corrected chi connectivity index (χ1v) is 10.6. The van der Waals surface area contributed by atoms with Crippen LogP contribution in [0, 0.1) is 0 Å². The molecule has 26 heavy (non-hydrogen) atoms. The fourth-order valence-corrected chi connectivity index (χ4v) is 3.33. The summed E-state index contributed by atoms with van der Waals surface area (Å²) in [5.74, 6) is 0. The third kappa shape index (κ3) is 10.0. The molecular formula is C21H40O5. The molecule has 0 aromatic rings. The van der Waals surface area contributed by atoms with E-state index in [1.165, 1.54) is 51.4 Å². The highest BCUT2D eigenvalue weighted by Crippen LogP contribution is 2.19. The largest absolute Gasteiger partial charge is 0.394 e. The maximum Gasteiger partial charge on any atom is 0.114 e. The van der Waals surface area contributed by atoms with E-state index in [0.29, 0.717) is 6.61 Å². The van der Waals surface area contributed by atoms with E-state index in [9.17, 15) is 10.2 Å². The van der Waals surface area contributed by atoms with Crippen molar-refractivity contribution >= 4 is 0 Å². The lowest BCUT2D eigenvalue weighted by atomic mass is 10.0. The minimum atomic E-state index is -0.971. The quantitative estimate of drug-likeness (QED) is 0.303. The summed E-state index contributed by atoms with van der Waals surface area (Å²) < 4.78 is 10.8. The van der Waals surface area contributed by atoms with Crippen LogP contribution in [0.1, 0.15) is 77.6 Å². The maximum absolute atomic E-state index is 10.0. The normalized spacial score (nSPS) is 26.6. The molecule has 154 valence electrons. The van der Waals surface area contributed by atoms with Crippen molar-refractivity contribution in [3.8, 4) is 0 Å². The van der Waals surface area contributed by atoms with Gasteiger partial charge in [0.1, 0.15) is 24.4 Å². The highest BCUT2D eigenvalue weighted by atomic mass is 16.6. The van der Waals surface area contributed by atoms with Crippen molar-refractivity contribution in [1.82, 2.24) is 0 Å². The van der Waals surface area contributed by atoms with E-state index in [2.05, 4.69) is 19.1 Å². The lowest BCUT2D eigenvalue weighted by Gasteiger charge is -2.37. The van der Waals surface area contributed by atoms with Crippen molar-refractivity contribution < 1.29 is 24.8 Å². The van der Waals surface area contributed by atoms with Crippen LogP contribution in [-0.2, 0) is 9.47 Å². The molecule has 1 heterocycles. The van der Waals surface area contributed by atoms with Gasteiger partial charge in [0.05, 0.1) is 13.2 Å². The molecule has 0 radical (unpaired) electrons. The van der Waals surface area contributed by atoms with E-state index in [-0.39, 0.29) is 13.2 Å². The molecule has 0 amide bonds. The molecule has 1 aliphatic heterocycles. The third-order valence-electron chi connectivity index (χ3n) is 4.99. The van der Waals surface area contributed by atoms with Gasteiger partial charge in [-0.3, -0.25) is 0 Å². The van der Waals surface area contributed by atoms with Gasteiger partial charge >= 0.3 is 0 Å². The number of aliphatic hydroxyl groups excluding tert-OH is 3. The summed E-state index contributed by atoms with van der Waals surface area (Å²) in [4.78, 5) is 0. The third-order valence-corrected chi connectivity index (χ3v) is 4.99. The average Bonchev–Trinajstić information content (AvgIpc) is 2.64. The molecule has 1 aliphatic rings. The summed E-state index contributed by atoms with van der Waals surface area (Å²) in [6, 6.07) is 0. The Labute approximate surface area is 159 Å². The fourth-order valence-electron chi connectivity index (χ4n) is 3.33. The van der Waals surface area contributed by atoms with Crippen molar-refractivity contribution in [3.05, 3.63) is 12.2 Å².